The topological polar surface area (TPSA) is 77.5 Å². The Morgan fingerprint density at radius 3 is 2.83 bits per heavy atom. The van der Waals surface area contributed by atoms with Crippen LogP contribution in [0.1, 0.15) is 24.2 Å². The fourth-order valence-corrected chi connectivity index (χ4v) is 1.28. The van der Waals surface area contributed by atoms with Gasteiger partial charge in [0.05, 0.1) is 6.61 Å². The van der Waals surface area contributed by atoms with E-state index in [1.165, 1.54) is 26.2 Å². The maximum absolute atomic E-state index is 11.8. The number of carbonyl (C=O) groups is 2. The minimum absolute atomic E-state index is 0.203. The number of hydrogen-bond donors (Lipinski definition) is 1. The Hall–Kier alpha value is -2.11. The van der Waals surface area contributed by atoms with E-state index in [0.717, 1.165) is 0 Å². The van der Waals surface area contributed by atoms with Crippen LogP contribution < -0.4 is 10.1 Å². The van der Waals surface area contributed by atoms with Gasteiger partial charge < -0.3 is 14.8 Å². The van der Waals surface area contributed by atoms with Crippen molar-refractivity contribution in [2.75, 3.05) is 13.7 Å². The third-order valence-corrected chi connectivity index (χ3v) is 2.17. The highest BCUT2D eigenvalue weighted by Gasteiger charge is 2.20. The molecular formula is C12H16N2O4. The van der Waals surface area contributed by atoms with Crippen LogP contribution in [0.15, 0.2) is 18.3 Å². The molecule has 0 aliphatic heterocycles. The lowest BCUT2D eigenvalue weighted by Crippen LogP contribution is -2.33. The van der Waals surface area contributed by atoms with Gasteiger partial charge in [0.2, 0.25) is 5.88 Å². The highest BCUT2D eigenvalue weighted by atomic mass is 16.5. The minimum Gasteiger partial charge on any atom is -0.477 e. The molecule has 0 aliphatic rings. The minimum atomic E-state index is -0.864. The number of likely N-dealkylation sites (N-methyl/N-ethyl adjacent to an activating group) is 1. The largest absolute Gasteiger partial charge is 0.477 e. The van der Waals surface area contributed by atoms with E-state index in [0.29, 0.717) is 6.61 Å². The normalized spacial score (nSPS) is 11.5. The Labute approximate surface area is 105 Å². The molecule has 1 aromatic heterocycles. The van der Waals surface area contributed by atoms with Crippen LogP contribution >= 0.6 is 0 Å². The number of pyridine rings is 1. The second kappa shape index (κ2) is 6.58. The molecular weight excluding hydrogens is 236 g/mol. The predicted octanol–water partition coefficient (Wildman–Crippen LogP) is 0.772. The van der Waals surface area contributed by atoms with Gasteiger partial charge in [0, 0.05) is 13.2 Å². The molecule has 6 nitrogen and oxygen atoms in total. The van der Waals surface area contributed by atoms with Crippen molar-refractivity contribution in [2.24, 2.45) is 0 Å². The molecule has 1 N–H and O–H groups in total. The zero-order valence-corrected chi connectivity index (χ0v) is 10.6. The second-order valence-corrected chi connectivity index (χ2v) is 3.45. The van der Waals surface area contributed by atoms with Gasteiger partial charge >= 0.3 is 5.97 Å². The maximum atomic E-state index is 11.8. The molecule has 0 aromatic carbocycles. The van der Waals surface area contributed by atoms with Crippen molar-refractivity contribution in [1.82, 2.24) is 10.3 Å². The summed E-state index contributed by atoms with van der Waals surface area (Å²) in [6.45, 7) is 3.67. The van der Waals surface area contributed by atoms with Gasteiger partial charge in [0.1, 0.15) is 5.56 Å². The smallest absolute Gasteiger partial charge is 0.344 e. The van der Waals surface area contributed by atoms with Crippen LogP contribution in [0.5, 0.6) is 5.88 Å². The van der Waals surface area contributed by atoms with E-state index < -0.39 is 12.1 Å². The third kappa shape index (κ3) is 3.44. The average molecular weight is 252 g/mol. The summed E-state index contributed by atoms with van der Waals surface area (Å²) >= 11 is 0. The van der Waals surface area contributed by atoms with Gasteiger partial charge in [-0.2, -0.15) is 0 Å². The summed E-state index contributed by atoms with van der Waals surface area (Å²) < 4.78 is 10.2. The Morgan fingerprint density at radius 2 is 2.22 bits per heavy atom. The van der Waals surface area contributed by atoms with Gasteiger partial charge in [-0.1, -0.05) is 0 Å². The summed E-state index contributed by atoms with van der Waals surface area (Å²) in [5.41, 5.74) is 0.204. The number of hydrogen-bond acceptors (Lipinski definition) is 5. The first-order valence-electron chi connectivity index (χ1n) is 5.60. The monoisotopic (exact) mass is 252 g/mol. The van der Waals surface area contributed by atoms with E-state index in [2.05, 4.69) is 10.3 Å². The summed E-state index contributed by atoms with van der Waals surface area (Å²) in [7, 11) is 1.47. The van der Waals surface area contributed by atoms with Gasteiger partial charge in [0.15, 0.2) is 6.10 Å². The van der Waals surface area contributed by atoms with Crippen LogP contribution in [-0.2, 0) is 9.53 Å². The van der Waals surface area contributed by atoms with Crippen LogP contribution in [0.2, 0.25) is 0 Å². The molecule has 0 saturated heterocycles. The molecule has 1 amide bonds. The lowest BCUT2D eigenvalue weighted by molar-refractivity contribution is -0.128. The van der Waals surface area contributed by atoms with Crippen molar-refractivity contribution >= 4 is 11.9 Å². The van der Waals surface area contributed by atoms with Crippen molar-refractivity contribution in [3.8, 4) is 5.88 Å². The number of esters is 1. The first-order chi connectivity index (χ1) is 8.60. The van der Waals surface area contributed by atoms with Crippen molar-refractivity contribution in [3.63, 3.8) is 0 Å². The van der Waals surface area contributed by atoms with Crippen molar-refractivity contribution < 1.29 is 19.1 Å². The zero-order chi connectivity index (χ0) is 13.5. The number of nitrogens with one attached hydrogen (secondary N) is 1. The molecule has 0 radical (unpaired) electrons. The number of nitrogens with zero attached hydrogens (tertiary/aromatic N) is 1. The highest BCUT2D eigenvalue weighted by Crippen LogP contribution is 2.16. The predicted molar refractivity (Wildman–Crippen MR) is 64.4 cm³/mol. The fourth-order valence-electron chi connectivity index (χ4n) is 1.28. The van der Waals surface area contributed by atoms with Crippen LogP contribution in [0, 0.1) is 0 Å². The van der Waals surface area contributed by atoms with Crippen molar-refractivity contribution in [2.45, 2.75) is 20.0 Å². The van der Waals surface area contributed by atoms with E-state index in [1.807, 2.05) is 0 Å². The Bertz CT molecular complexity index is 434. The third-order valence-electron chi connectivity index (χ3n) is 2.17. The lowest BCUT2D eigenvalue weighted by Gasteiger charge is -2.13. The average Bonchev–Trinajstić information content (AvgIpc) is 2.38. The van der Waals surface area contributed by atoms with Crippen LogP contribution in [0.4, 0.5) is 0 Å². The number of amides is 1. The first kappa shape index (κ1) is 14.0. The van der Waals surface area contributed by atoms with Crippen LogP contribution in [0.25, 0.3) is 0 Å². The van der Waals surface area contributed by atoms with Crippen molar-refractivity contribution in [3.05, 3.63) is 23.9 Å². The summed E-state index contributed by atoms with van der Waals surface area (Å²) in [5, 5.41) is 2.40. The molecule has 1 heterocycles. The highest BCUT2D eigenvalue weighted by molar-refractivity contribution is 5.94. The number of aromatic nitrogens is 1. The summed E-state index contributed by atoms with van der Waals surface area (Å²) in [6.07, 6.45) is 0.654. The zero-order valence-electron chi connectivity index (χ0n) is 10.6. The van der Waals surface area contributed by atoms with Gasteiger partial charge in [-0.05, 0) is 26.0 Å². The van der Waals surface area contributed by atoms with E-state index in [9.17, 15) is 9.59 Å². The molecule has 98 valence electrons. The summed E-state index contributed by atoms with van der Waals surface area (Å²) in [6, 6.07) is 3.14. The molecule has 0 unspecified atom stereocenters. The van der Waals surface area contributed by atoms with Gasteiger partial charge in [-0.3, -0.25) is 4.79 Å². The number of ether oxygens (including phenoxy) is 2. The molecule has 0 aliphatic carbocycles. The number of rotatable bonds is 5. The van der Waals surface area contributed by atoms with E-state index in [4.69, 9.17) is 9.47 Å². The van der Waals surface area contributed by atoms with Crippen LogP contribution in [0.3, 0.4) is 0 Å². The molecule has 0 saturated carbocycles. The Morgan fingerprint density at radius 1 is 1.50 bits per heavy atom. The second-order valence-electron chi connectivity index (χ2n) is 3.45. The SMILES string of the molecule is CCOc1ncccc1C(=O)O[C@H](C)C(=O)NC. The first-order valence-corrected chi connectivity index (χ1v) is 5.60. The maximum Gasteiger partial charge on any atom is 0.344 e. The van der Waals surface area contributed by atoms with Gasteiger partial charge in [-0.25, -0.2) is 9.78 Å². The fraction of sp³-hybridized carbons (Fsp3) is 0.417. The Balaban J connectivity index is 2.81. The standard InChI is InChI=1S/C12H16N2O4/c1-4-17-11-9(6-5-7-14-11)12(16)18-8(2)10(15)13-3/h5-8H,4H2,1-3H3,(H,13,15)/t8-/m1/s1. The lowest BCUT2D eigenvalue weighted by atomic mass is 10.2. The molecule has 0 spiro atoms. The quantitative estimate of drug-likeness (QED) is 0.783. The molecule has 18 heavy (non-hydrogen) atoms. The molecule has 1 atom stereocenters. The van der Waals surface area contributed by atoms with E-state index in [1.54, 1.807) is 13.0 Å². The number of carbonyl (C=O) groups excluding carboxylic acids is 2. The molecule has 1 aromatic rings. The molecule has 6 heteroatoms. The molecule has 1 rings (SSSR count). The Kier molecular flexibility index (Phi) is 5.10. The van der Waals surface area contributed by atoms with Gasteiger partial charge in [0.25, 0.3) is 5.91 Å². The van der Waals surface area contributed by atoms with Crippen molar-refractivity contribution in [1.29, 1.82) is 0 Å². The summed E-state index contributed by atoms with van der Waals surface area (Å²) in [4.78, 5) is 27.0. The van der Waals surface area contributed by atoms with E-state index >= 15 is 0 Å². The van der Waals surface area contributed by atoms with Gasteiger partial charge in [-0.15, -0.1) is 0 Å². The summed E-state index contributed by atoms with van der Waals surface area (Å²) in [5.74, 6) is -0.804. The van der Waals surface area contributed by atoms with E-state index in [-0.39, 0.29) is 17.4 Å². The molecule has 0 bridgehead atoms. The van der Waals surface area contributed by atoms with Crippen LogP contribution in [-0.4, -0.2) is 36.6 Å². The molecule has 0 fully saturated rings.